The summed E-state index contributed by atoms with van der Waals surface area (Å²) < 4.78 is 2.44. The molecule has 4 aromatic carbocycles. The van der Waals surface area contributed by atoms with E-state index in [9.17, 15) is 0 Å². The summed E-state index contributed by atoms with van der Waals surface area (Å²) in [7, 11) is 0. The van der Waals surface area contributed by atoms with Crippen molar-refractivity contribution in [1.29, 1.82) is 0 Å². The monoisotopic (exact) mass is 698 g/mol. The molecule has 3 aliphatic rings. The van der Waals surface area contributed by atoms with Gasteiger partial charge in [0, 0.05) is 92.1 Å². The number of fused-ring (bicyclic) bond motifs is 2. The minimum atomic E-state index is -0.177. The van der Waals surface area contributed by atoms with Crippen LogP contribution < -0.4 is 14.4 Å². The molecule has 4 aromatic rings. The molecule has 0 saturated heterocycles. The largest absolute Gasteiger partial charge is 0.344 e. The molecular formula is C45H46Cl2N3+. The number of rotatable bonds is 6. The number of benzene rings is 4. The van der Waals surface area contributed by atoms with Gasteiger partial charge in [-0.15, -0.1) is 0 Å². The normalized spacial score (nSPS) is 20.8. The minimum absolute atomic E-state index is 0.177. The van der Waals surface area contributed by atoms with E-state index < -0.39 is 0 Å². The van der Waals surface area contributed by atoms with E-state index in [1.807, 2.05) is 12.1 Å². The number of para-hydroxylation sites is 2. The Balaban J connectivity index is 1.42. The van der Waals surface area contributed by atoms with Gasteiger partial charge >= 0.3 is 0 Å². The first kappa shape index (κ1) is 34.2. The van der Waals surface area contributed by atoms with Crippen LogP contribution in [0.2, 0.25) is 10.0 Å². The summed E-state index contributed by atoms with van der Waals surface area (Å²) >= 11 is 13.0. The molecule has 7 rings (SSSR count). The lowest BCUT2D eigenvalue weighted by molar-refractivity contribution is 0.633. The summed E-state index contributed by atoms with van der Waals surface area (Å²) in [6.07, 6.45) is 11.4. The molecule has 0 amide bonds. The zero-order valence-electron chi connectivity index (χ0n) is 30.0. The van der Waals surface area contributed by atoms with Crippen LogP contribution in [0.15, 0.2) is 144 Å². The lowest BCUT2D eigenvalue weighted by Crippen LogP contribution is -2.26. The third kappa shape index (κ3) is 5.85. The molecule has 0 radical (unpaired) electrons. The van der Waals surface area contributed by atoms with Crippen molar-refractivity contribution in [3.8, 4) is 0 Å². The molecule has 50 heavy (non-hydrogen) atoms. The molecule has 1 saturated carbocycles. The van der Waals surface area contributed by atoms with Gasteiger partial charge < -0.3 is 9.80 Å². The molecular weight excluding hydrogens is 653 g/mol. The first-order valence-corrected chi connectivity index (χ1v) is 18.6. The predicted octanol–water partition coefficient (Wildman–Crippen LogP) is 12.3. The van der Waals surface area contributed by atoms with Crippen LogP contribution in [0.5, 0.6) is 0 Å². The number of hydrogen-bond acceptors (Lipinski definition) is 2. The molecule has 0 N–H and O–H groups in total. The topological polar surface area (TPSA) is 9.49 Å². The Labute approximate surface area is 308 Å². The third-order valence-corrected chi connectivity index (χ3v) is 11.2. The van der Waals surface area contributed by atoms with Crippen molar-refractivity contribution in [1.82, 2.24) is 4.58 Å². The van der Waals surface area contributed by atoms with E-state index in [0.717, 1.165) is 47.4 Å². The minimum Gasteiger partial charge on any atom is -0.344 e. The third-order valence-electron chi connectivity index (χ3n) is 10.7. The summed E-state index contributed by atoms with van der Waals surface area (Å²) in [5.74, 6) is 0. The van der Waals surface area contributed by atoms with E-state index in [0.29, 0.717) is 0 Å². The Morgan fingerprint density at radius 1 is 0.580 bits per heavy atom. The van der Waals surface area contributed by atoms with Gasteiger partial charge in [0.25, 0.3) is 0 Å². The molecule has 0 unspecified atom stereocenters. The van der Waals surface area contributed by atoms with Gasteiger partial charge in [0.05, 0.1) is 0 Å². The maximum atomic E-state index is 6.52. The quantitative estimate of drug-likeness (QED) is 0.185. The van der Waals surface area contributed by atoms with Crippen LogP contribution in [0.1, 0.15) is 65.5 Å². The summed E-state index contributed by atoms with van der Waals surface area (Å²) in [5.41, 5.74) is 13.4. The van der Waals surface area contributed by atoms with Crippen molar-refractivity contribution in [2.24, 2.45) is 0 Å². The number of hydrogen-bond donors (Lipinski definition) is 0. The van der Waals surface area contributed by atoms with Crippen molar-refractivity contribution in [2.45, 2.75) is 65.2 Å². The van der Waals surface area contributed by atoms with Gasteiger partial charge in [0.2, 0.25) is 17.1 Å². The zero-order chi connectivity index (χ0) is 35.2. The molecule has 3 nitrogen and oxygen atoms in total. The van der Waals surface area contributed by atoms with Crippen molar-refractivity contribution in [2.75, 3.05) is 22.9 Å². The summed E-state index contributed by atoms with van der Waals surface area (Å²) in [4.78, 5) is 4.88. The second kappa shape index (κ2) is 13.4. The van der Waals surface area contributed by atoms with Gasteiger partial charge in [0.1, 0.15) is 0 Å². The Kier molecular flexibility index (Phi) is 9.18. The lowest BCUT2D eigenvalue weighted by atomic mass is 9.83. The van der Waals surface area contributed by atoms with Crippen molar-refractivity contribution >= 4 is 51.7 Å². The Hall–Kier alpha value is -4.31. The highest BCUT2D eigenvalue weighted by Crippen LogP contribution is 2.50. The van der Waals surface area contributed by atoms with Crippen LogP contribution in [0, 0.1) is 0 Å². The van der Waals surface area contributed by atoms with Gasteiger partial charge in [-0.05, 0) is 86.4 Å². The average molecular weight is 700 g/mol. The molecule has 0 bridgehead atoms. The van der Waals surface area contributed by atoms with Gasteiger partial charge in [-0.25, -0.2) is 0 Å². The van der Waals surface area contributed by atoms with Crippen LogP contribution in [-0.2, 0) is 10.8 Å². The first-order chi connectivity index (χ1) is 24.1. The van der Waals surface area contributed by atoms with E-state index in [-0.39, 0.29) is 10.8 Å². The summed E-state index contributed by atoms with van der Waals surface area (Å²) in [6.45, 7) is 15.5. The lowest BCUT2D eigenvalue weighted by Gasteiger charge is -2.26. The van der Waals surface area contributed by atoms with Gasteiger partial charge in [-0.3, -0.25) is 0 Å². The highest BCUT2D eigenvalue weighted by molar-refractivity contribution is 6.31. The molecule has 0 atom stereocenters. The predicted molar refractivity (Wildman–Crippen MR) is 216 cm³/mol. The van der Waals surface area contributed by atoms with Crippen LogP contribution in [-0.4, -0.2) is 18.8 Å². The van der Waals surface area contributed by atoms with E-state index in [2.05, 4.69) is 165 Å². The first-order valence-electron chi connectivity index (χ1n) is 17.8. The van der Waals surface area contributed by atoms with Crippen LogP contribution in [0.25, 0.3) is 0 Å². The van der Waals surface area contributed by atoms with Gasteiger partial charge in [-0.2, -0.15) is 4.58 Å². The van der Waals surface area contributed by atoms with Crippen molar-refractivity contribution in [3.63, 3.8) is 0 Å². The number of likely N-dealkylation sites (N-methyl/N-ethyl adjacent to an activating group) is 2. The Morgan fingerprint density at radius 3 is 1.36 bits per heavy atom. The number of anilines is 2. The van der Waals surface area contributed by atoms with E-state index in [1.165, 1.54) is 50.8 Å². The molecule has 2 heterocycles. The Morgan fingerprint density at radius 2 is 0.980 bits per heavy atom. The smallest absolute Gasteiger partial charge is 0.218 e. The Bertz CT molecular complexity index is 1950. The fraction of sp³-hybridized carbons (Fsp3) is 0.267. The second-order valence-corrected chi connectivity index (χ2v) is 15.3. The fourth-order valence-electron chi connectivity index (χ4n) is 8.22. The van der Waals surface area contributed by atoms with Crippen molar-refractivity contribution < 1.29 is 0 Å². The van der Waals surface area contributed by atoms with Crippen LogP contribution in [0.4, 0.5) is 22.7 Å². The van der Waals surface area contributed by atoms with E-state index in [4.69, 9.17) is 23.2 Å². The highest BCUT2D eigenvalue weighted by Gasteiger charge is 2.41. The standard InChI is InChI=1S/C45H46Cl2N3/c1-7-48-39-25-23-33(46)29-37(39)44(3,4)41(48)27-21-31-19-20-32(43(31)50(35-15-11-9-12-16-35)36-17-13-10-14-18-36)22-28-42-45(5,6)38-30-34(47)24-26-40(38)49(42)8-2/h9-18,21-30H,7-8,19-20H2,1-6H3/q+1. The van der Waals surface area contributed by atoms with E-state index >= 15 is 0 Å². The number of halogens is 2. The SMILES string of the molecule is CCN1C(=C/C=C2\CC/C(=C\C=C3N(CC)c4ccc(Cl)cc4C3(C)C)C2=[N+](c2ccccc2)c2ccccc2)C(C)(C)c2cc(Cl)ccc21. The molecule has 1 fully saturated rings. The molecule has 254 valence electrons. The molecule has 0 spiro atoms. The van der Waals surface area contributed by atoms with Crippen LogP contribution in [0.3, 0.4) is 0 Å². The highest BCUT2D eigenvalue weighted by atomic mass is 35.5. The average Bonchev–Trinajstić information content (AvgIpc) is 3.68. The number of allylic oxidation sites excluding steroid dienone is 8. The maximum Gasteiger partial charge on any atom is 0.218 e. The zero-order valence-corrected chi connectivity index (χ0v) is 31.5. The van der Waals surface area contributed by atoms with Gasteiger partial charge in [0.15, 0.2) is 0 Å². The number of nitrogens with zero attached hydrogens (tertiary/aromatic N) is 3. The summed E-state index contributed by atoms with van der Waals surface area (Å²) in [5, 5.41) is 1.56. The second-order valence-electron chi connectivity index (χ2n) is 14.4. The molecule has 5 heteroatoms. The molecule has 0 aromatic heterocycles. The maximum absolute atomic E-state index is 6.52. The van der Waals surface area contributed by atoms with Gasteiger partial charge in [-0.1, -0.05) is 99.4 Å². The fourth-order valence-corrected chi connectivity index (χ4v) is 8.57. The van der Waals surface area contributed by atoms with E-state index in [1.54, 1.807) is 0 Å². The van der Waals surface area contributed by atoms with Crippen molar-refractivity contribution in [3.05, 3.63) is 165 Å². The van der Waals surface area contributed by atoms with Crippen LogP contribution >= 0.6 is 23.2 Å². The summed E-state index contributed by atoms with van der Waals surface area (Å²) in [6, 6.07) is 34.2. The molecule has 1 aliphatic carbocycles. The molecule has 2 aliphatic heterocycles.